The number of cyclic esters (lactones) is 1. The first-order valence-electron chi connectivity index (χ1n) is 9.80. The Labute approximate surface area is 177 Å². The number of alkyl carbamates (subject to hydrolysis) is 1. The monoisotopic (exact) mass is 420 g/mol. The van der Waals surface area contributed by atoms with Gasteiger partial charge in [-0.2, -0.15) is 0 Å². The van der Waals surface area contributed by atoms with E-state index in [4.69, 9.17) is 4.74 Å². The fraction of sp³-hybridized carbons (Fsp3) is 0.208. The number of pyridine rings is 1. The number of aromatic nitrogens is 1. The third kappa shape index (κ3) is 3.99. The highest BCUT2D eigenvalue weighted by atomic mass is 19.1. The van der Waals surface area contributed by atoms with E-state index >= 15 is 0 Å². The predicted octanol–water partition coefficient (Wildman–Crippen LogP) is 4.61. The van der Waals surface area contributed by atoms with Gasteiger partial charge in [0.2, 0.25) is 0 Å². The molecule has 0 saturated carbocycles. The molecule has 0 radical (unpaired) electrons. The van der Waals surface area contributed by atoms with Crippen LogP contribution >= 0.6 is 0 Å². The molecular weight excluding hydrogens is 399 g/mol. The van der Waals surface area contributed by atoms with Crippen LogP contribution < -0.4 is 10.9 Å². The van der Waals surface area contributed by atoms with Crippen LogP contribution in [-0.2, 0) is 9.53 Å². The largest absolute Gasteiger partial charge is 0.419 e. The highest BCUT2D eigenvalue weighted by Crippen LogP contribution is 2.36. The SMILES string of the molecule is CC(C)(C)C(/C=C1\OC(=O)NC1=O)c1ccc(-c2ccc3cccc(F)c3c2)[nH]c1=O. The van der Waals surface area contributed by atoms with Crippen molar-refractivity contribution in [3.63, 3.8) is 0 Å². The predicted molar refractivity (Wildman–Crippen MR) is 115 cm³/mol. The van der Waals surface area contributed by atoms with Gasteiger partial charge in [-0.3, -0.25) is 14.9 Å². The molecule has 7 heteroatoms. The minimum atomic E-state index is -0.836. The van der Waals surface area contributed by atoms with Crippen molar-refractivity contribution in [1.82, 2.24) is 10.3 Å². The van der Waals surface area contributed by atoms with Crippen LogP contribution in [0.25, 0.3) is 22.0 Å². The second-order valence-corrected chi connectivity index (χ2v) is 8.55. The van der Waals surface area contributed by atoms with E-state index < -0.39 is 23.3 Å². The Morgan fingerprint density at radius 3 is 2.45 bits per heavy atom. The molecule has 3 aromatic rings. The smallest absolute Gasteiger partial charge is 0.404 e. The van der Waals surface area contributed by atoms with Gasteiger partial charge in [-0.15, -0.1) is 0 Å². The van der Waals surface area contributed by atoms with E-state index in [1.165, 1.54) is 12.1 Å². The molecule has 1 aliphatic heterocycles. The molecule has 0 bridgehead atoms. The molecule has 6 nitrogen and oxygen atoms in total. The molecule has 2 N–H and O–H groups in total. The minimum Gasteiger partial charge on any atom is -0.404 e. The molecule has 1 unspecified atom stereocenters. The second kappa shape index (κ2) is 7.50. The van der Waals surface area contributed by atoms with E-state index in [0.29, 0.717) is 22.2 Å². The molecule has 1 fully saturated rings. The lowest BCUT2D eigenvalue weighted by atomic mass is 9.76. The van der Waals surface area contributed by atoms with Crippen LogP contribution in [-0.4, -0.2) is 17.0 Å². The van der Waals surface area contributed by atoms with Crippen molar-refractivity contribution in [1.29, 1.82) is 0 Å². The zero-order valence-electron chi connectivity index (χ0n) is 17.3. The highest BCUT2D eigenvalue weighted by molar-refractivity contribution is 6.07. The number of hydrogen-bond donors (Lipinski definition) is 2. The summed E-state index contributed by atoms with van der Waals surface area (Å²) in [5, 5.41) is 3.29. The van der Waals surface area contributed by atoms with Gasteiger partial charge in [-0.1, -0.05) is 51.1 Å². The van der Waals surface area contributed by atoms with Gasteiger partial charge in [0, 0.05) is 22.6 Å². The van der Waals surface area contributed by atoms with Crippen molar-refractivity contribution in [2.24, 2.45) is 5.41 Å². The van der Waals surface area contributed by atoms with Gasteiger partial charge < -0.3 is 9.72 Å². The molecule has 0 spiro atoms. The van der Waals surface area contributed by atoms with Crippen LogP contribution in [0.4, 0.5) is 9.18 Å². The summed E-state index contributed by atoms with van der Waals surface area (Å²) in [5.41, 5.74) is 0.863. The van der Waals surface area contributed by atoms with E-state index in [1.807, 2.05) is 32.9 Å². The van der Waals surface area contributed by atoms with Gasteiger partial charge in [0.25, 0.3) is 11.5 Å². The van der Waals surface area contributed by atoms with Crippen molar-refractivity contribution in [2.75, 3.05) is 0 Å². The summed E-state index contributed by atoms with van der Waals surface area (Å²) in [4.78, 5) is 39.1. The fourth-order valence-electron chi connectivity index (χ4n) is 3.69. The summed E-state index contributed by atoms with van der Waals surface area (Å²) in [6, 6.07) is 13.6. The third-order valence-electron chi connectivity index (χ3n) is 5.31. The molecule has 2 amide bonds. The van der Waals surface area contributed by atoms with Crippen LogP contribution in [0.3, 0.4) is 0 Å². The number of rotatable bonds is 3. The Morgan fingerprint density at radius 1 is 1.03 bits per heavy atom. The Morgan fingerprint density at radius 2 is 1.81 bits per heavy atom. The molecular formula is C24H21FN2O4. The highest BCUT2D eigenvalue weighted by Gasteiger charge is 2.32. The number of hydrogen-bond acceptors (Lipinski definition) is 4. The molecule has 4 rings (SSSR count). The second-order valence-electron chi connectivity index (χ2n) is 8.55. The molecule has 31 heavy (non-hydrogen) atoms. The first-order chi connectivity index (χ1) is 14.6. The minimum absolute atomic E-state index is 0.126. The third-order valence-corrected chi connectivity index (χ3v) is 5.31. The molecule has 1 atom stereocenters. The fourth-order valence-corrected chi connectivity index (χ4v) is 3.69. The lowest BCUT2D eigenvalue weighted by Gasteiger charge is -2.28. The Bertz CT molecular complexity index is 1300. The van der Waals surface area contributed by atoms with Crippen molar-refractivity contribution in [3.05, 3.63) is 82.1 Å². The average Bonchev–Trinajstić information content (AvgIpc) is 3.02. The summed E-state index contributed by atoms with van der Waals surface area (Å²) >= 11 is 0. The topological polar surface area (TPSA) is 88.3 Å². The first kappa shape index (κ1) is 20.5. The number of carbonyl (C=O) groups excluding carboxylic acids is 2. The van der Waals surface area contributed by atoms with E-state index in [1.54, 1.807) is 30.3 Å². The number of halogens is 1. The van der Waals surface area contributed by atoms with Crippen molar-refractivity contribution in [2.45, 2.75) is 26.7 Å². The number of nitrogens with one attached hydrogen (secondary N) is 2. The van der Waals surface area contributed by atoms with Gasteiger partial charge in [-0.25, -0.2) is 9.18 Å². The molecule has 1 aromatic heterocycles. The average molecular weight is 420 g/mol. The summed E-state index contributed by atoms with van der Waals surface area (Å²) in [6.45, 7) is 5.76. The normalized spacial score (nSPS) is 16.5. The van der Waals surface area contributed by atoms with Crippen LogP contribution in [0.15, 0.2) is 65.2 Å². The van der Waals surface area contributed by atoms with Crippen LogP contribution in [0.5, 0.6) is 0 Å². The summed E-state index contributed by atoms with van der Waals surface area (Å²) in [7, 11) is 0. The number of allylic oxidation sites excluding steroid dienone is 1. The number of aromatic amines is 1. The maximum Gasteiger partial charge on any atom is 0.419 e. The lowest BCUT2D eigenvalue weighted by molar-refractivity contribution is -0.116. The van der Waals surface area contributed by atoms with E-state index in [0.717, 1.165) is 5.39 Å². The number of H-pyrrole nitrogens is 1. The lowest BCUT2D eigenvalue weighted by Crippen LogP contribution is -2.25. The Kier molecular flexibility index (Phi) is 4.97. The zero-order valence-corrected chi connectivity index (χ0v) is 17.3. The van der Waals surface area contributed by atoms with Gasteiger partial charge >= 0.3 is 6.09 Å². The molecule has 2 heterocycles. The quantitative estimate of drug-likeness (QED) is 0.606. The maximum atomic E-state index is 14.2. The number of carbonyl (C=O) groups is 2. The van der Waals surface area contributed by atoms with Crippen molar-refractivity contribution < 1.29 is 18.7 Å². The number of amides is 2. The molecule has 0 aliphatic carbocycles. The number of imide groups is 1. The van der Waals surface area contributed by atoms with E-state index in [2.05, 4.69) is 10.3 Å². The van der Waals surface area contributed by atoms with Crippen molar-refractivity contribution in [3.8, 4) is 11.3 Å². The van der Waals surface area contributed by atoms with Gasteiger partial charge in [0.05, 0.1) is 0 Å². The zero-order chi connectivity index (χ0) is 22.3. The Hall–Kier alpha value is -3.74. The summed E-state index contributed by atoms with van der Waals surface area (Å²) in [5.74, 6) is -1.59. The summed E-state index contributed by atoms with van der Waals surface area (Å²) in [6.07, 6.45) is 0.660. The molecule has 1 aliphatic rings. The van der Waals surface area contributed by atoms with Gasteiger partial charge in [0.15, 0.2) is 5.76 Å². The van der Waals surface area contributed by atoms with Gasteiger partial charge in [0.1, 0.15) is 5.82 Å². The number of benzene rings is 2. The van der Waals surface area contributed by atoms with Gasteiger partial charge in [-0.05, 0) is 40.6 Å². The standard InChI is InChI=1S/C24H21FN2O4/c1-24(2,3)17(12-20-22(29)27-23(30)31-20)15-9-10-19(26-21(15)28)14-8-7-13-5-4-6-18(25)16(13)11-14/h4-12,17H,1-3H3,(H,26,28)(H,27,29,30)/b20-12-. The Balaban J connectivity index is 1.76. The van der Waals surface area contributed by atoms with Crippen LogP contribution in [0.2, 0.25) is 0 Å². The molecule has 158 valence electrons. The number of ether oxygens (including phenoxy) is 1. The number of fused-ring (bicyclic) bond motifs is 1. The molecule has 2 aromatic carbocycles. The van der Waals surface area contributed by atoms with Crippen molar-refractivity contribution >= 4 is 22.8 Å². The van der Waals surface area contributed by atoms with Crippen LogP contribution in [0.1, 0.15) is 32.3 Å². The first-order valence-corrected chi connectivity index (χ1v) is 9.80. The maximum absolute atomic E-state index is 14.2. The van der Waals surface area contributed by atoms with E-state index in [9.17, 15) is 18.8 Å². The van der Waals surface area contributed by atoms with Crippen LogP contribution in [0, 0.1) is 11.2 Å². The molecule has 1 saturated heterocycles. The summed E-state index contributed by atoms with van der Waals surface area (Å²) < 4.78 is 19.1. The van der Waals surface area contributed by atoms with E-state index in [-0.39, 0.29) is 17.1 Å².